The SMILES string of the molecule is CCOC(=O)c1cc(C#CC#Cc2ccc(OC)cc2)c(OC(=O)Oc2c(C#CC#Cc3ccc(OC)cc3)cc(C(=O)OCC)cc2C#CC#Cc2ccc(OC)cc2)c(C#CC#Cc2ccc(OC)cc2)c1. The highest BCUT2D eigenvalue weighted by Crippen LogP contribution is 2.30. The molecule has 74 heavy (non-hydrogen) atoms. The van der Waals surface area contributed by atoms with E-state index in [-0.39, 0.29) is 58.1 Å². The van der Waals surface area contributed by atoms with Gasteiger partial charge in [0.1, 0.15) is 23.0 Å². The molecule has 0 saturated heterocycles. The Bertz CT molecular complexity index is 3140. The summed E-state index contributed by atoms with van der Waals surface area (Å²) in [6.45, 7) is 3.46. The number of benzene rings is 6. The molecule has 0 amide bonds. The second-order valence-corrected chi connectivity index (χ2v) is 14.6. The maximum Gasteiger partial charge on any atom is 0.519 e. The van der Waals surface area contributed by atoms with E-state index in [1.165, 1.54) is 24.3 Å². The molecule has 0 saturated carbocycles. The zero-order valence-electron chi connectivity index (χ0n) is 41.0. The predicted octanol–water partition coefficient (Wildman–Crippen LogP) is 9.27. The Hall–Kier alpha value is -10.8. The van der Waals surface area contributed by atoms with Crippen LogP contribution < -0.4 is 28.4 Å². The molecule has 0 spiro atoms. The Labute approximate surface area is 430 Å². The minimum atomic E-state index is -1.31. The first kappa shape index (κ1) is 52.6. The monoisotopic (exact) mass is 974 g/mol. The quantitative estimate of drug-likeness (QED) is 0.0742. The van der Waals surface area contributed by atoms with Crippen LogP contribution in [0.25, 0.3) is 0 Å². The van der Waals surface area contributed by atoms with Crippen LogP contribution in [-0.4, -0.2) is 59.7 Å². The Balaban J connectivity index is 1.49. The summed E-state index contributed by atoms with van der Waals surface area (Å²) in [6, 6.07) is 33.6. The molecule has 0 fully saturated rings. The summed E-state index contributed by atoms with van der Waals surface area (Å²) in [5.41, 5.74) is 2.75. The molecular weight excluding hydrogens is 933 g/mol. The third-order valence-corrected chi connectivity index (χ3v) is 9.80. The summed E-state index contributed by atoms with van der Waals surface area (Å²) < 4.78 is 43.6. The van der Waals surface area contributed by atoms with Gasteiger partial charge in [0.05, 0.1) is 75.0 Å². The van der Waals surface area contributed by atoms with E-state index < -0.39 is 18.1 Å². The summed E-state index contributed by atoms with van der Waals surface area (Å²) in [5, 5.41) is 0. The number of carbonyl (C=O) groups excluding carboxylic acids is 3. The van der Waals surface area contributed by atoms with Gasteiger partial charge in [0.25, 0.3) is 0 Å². The van der Waals surface area contributed by atoms with Crippen molar-refractivity contribution in [2.24, 2.45) is 0 Å². The van der Waals surface area contributed by atoms with Gasteiger partial charge in [-0.1, -0.05) is 23.7 Å². The lowest BCUT2D eigenvalue weighted by Crippen LogP contribution is -2.18. The van der Waals surface area contributed by atoms with Crippen molar-refractivity contribution in [3.05, 3.63) is 177 Å². The molecule has 11 nitrogen and oxygen atoms in total. The van der Waals surface area contributed by atoms with Gasteiger partial charge < -0.3 is 37.9 Å². The van der Waals surface area contributed by atoms with Crippen LogP contribution in [-0.2, 0) is 9.47 Å². The summed E-state index contributed by atoms with van der Waals surface area (Å²) >= 11 is 0. The van der Waals surface area contributed by atoms with Crippen LogP contribution in [0.3, 0.4) is 0 Å². The Morgan fingerprint density at radius 2 is 0.581 bits per heavy atom. The Kier molecular flexibility index (Phi) is 19.5. The predicted molar refractivity (Wildman–Crippen MR) is 278 cm³/mol. The topological polar surface area (TPSA) is 125 Å². The molecule has 0 unspecified atom stereocenters. The second-order valence-electron chi connectivity index (χ2n) is 14.6. The fraction of sp³-hybridized carbons (Fsp3) is 0.127. The first-order chi connectivity index (χ1) is 36.1. The van der Waals surface area contributed by atoms with Crippen LogP contribution in [0.4, 0.5) is 4.79 Å². The molecule has 6 rings (SSSR count). The lowest BCUT2D eigenvalue weighted by atomic mass is 10.0. The maximum absolute atomic E-state index is 14.3. The van der Waals surface area contributed by atoms with Gasteiger partial charge in [-0.05, 0) is 206 Å². The molecule has 6 aromatic carbocycles. The normalized spacial score (nSPS) is 9.16. The smallest absolute Gasteiger partial charge is 0.497 e. The molecule has 0 aliphatic rings. The van der Waals surface area contributed by atoms with Gasteiger partial charge >= 0.3 is 18.1 Å². The molecular formula is C63H42O11. The van der Waals surface area contributed by atoms with Crippen molar-refractivity contribution in [1.29, 1.82) is 0 Å². The molecule has 0 aromatic heterocycles. The van der Waals surface area contributed by atoms with Crippen molar-refractivity contribution in [2.75, 3.05) is 41.7 Å². The van der Waals surface area contributed by atoms with Gasteiger partial charge in [0, 0.05) is 22.3 Å². The lowest BCUT2D eigenvalue weighted by molar-refractivity contribution is 0.0516. The third-order valence-electron chi connectivity index (χ3n) is 9.80. The zero-order valence-corrected chi connectivity index (χ0v) is 41.0. The fourth-order valence-corrected chi connectivity index (χ4v) is 6.21. The summed E-state index contributed by atoms with van der Waals surface area (Å²) in [5.74, 6) is 46.4. The van der Waals surface area contributed by atoms with Crippen LogP contribution in [0.5, 0.6) is 34.5 Å². The van der Waals surface area contributed by atoms with Crippen LogP contribution in [0.15, 0.2) is 121 Å². The molecule has 0 heterocycles. The fourth-order valence-electron chi connectivity index (χ4n) is 6.21. The van der Waals surface area contributed by atoms with Crippen LogP contribution in [0, 0.1) is 94.7 Å². The minimum Gasteiger partial charge on any atom is -0.497 e. The van der Waals surface area contributed by atoms with Gasteiger partial charge in [-0.25, -0.2) is 14.4 Å². The van der Waals surface area contributed by atoms with Crippen molar-refractivity contribution >= 4 is 18.1 Å². The molecule has 0 aliphatic carbocycles. The minimum absolute atomic E-state index is 0.0178. The van der Waals surface area contributed by atoms with E-state index in [2.05, 4.69) is 94.7 Å². The number of hydrogen-bond acceptors (Lipinski definition) is 11. The molecule has 360 valence electrons. The van der Waals surface area contributed by atoms with Crippen molar-refractivity contribution in [3.8, 4) is 129 Å². The lowest BCUT2D eigenvalue weighted by Gasteiger charge is -2.14. The number of rotatable bonds is 10. The maximum atomic E-state index is 14.3. The molecule has 11 heteroatoms. The van der Waals surface area contributed by atoms with E-state index in [0.29, 0.717) is 45.3 Å². The summed E-state index contributed by atoms with van der Waals surface area (Å²) in [7, 11) is 6.24. The van der Waals surface area contributed by atoms with Crippen molar-refractivity contribution < 1.29 is 52.3 Å². The summed E-state index contributed by atoms with van der Waals surface area (Å²) in [6.07, 6.45) is -1.31. The van der Waals surface area contributed by atoms with Gasteiger partial charge in [-0.15, -0.1) is 0 Å². The molecule has 0 radical (unpaired) electrons. The van der Waals surface area contributed by atoms with Crippen molar-refractivity contribution in [1.82, 2.24) is 0 Å². The van der Waals surface area contributed by atoms with E-state index in [0.717, 1.165) is 0 Å². The molecule has 0 N–H and O–H groups in total. The Morgan fingerprint density at radius 1 is 0.351 bits per heavy atom. The average Bonchev–Trinajstić information content (AvgIpc) is 3.43. The standard InChI is InChI=1S/C63H42O11/c1-7-71-61(64)53-41-49(21-13-9-17-45-25-33-55(67-3)34-26-45)59(50(42-53)22-14-10-18-46-27-35-56(68-4)36-28-46)73-63(66)74-60-51(23-15-11-19-47-29-37-57(69-5)38-30-47)43-54(62(65)72-8-2)44-52(60)24-16-12-20-48-31-39-58(70-6)40-32-48/h25-44H,7-8H2,1-6H3. The number of hydrogen-bond donors (Lipinski definition) is 0. The van der Waals surface area contributed by atoms with E-state index in [9.17, 15) is 14.4 Å². The zero-order chi connectivity index (χ0) is 52.5. The highest BCUT2D eigenvalue weighted by molar-refractivity contribution is 5.92. The molecule has 0 atom stereocenters. The second kappa shape index (κ2) is 27.4. The van der Waals surface area contributed by atoms with Crippen LogP contribution >= 0.6 is 0 Å². The van der Waals surface area contributed by atoms with Gasteiger partial charge in [0.2, 0.25) is 0 Å². The molecule has 0 bridgehead atoms. The van der Waals surface area contributed by atoms with Crippen LogP contribution in [0.1, 0.15) is 79.1 Å². The first-order valence-electron chi connectivity index (χ1n) is 22.4. The van der Waals surface area contributed by atoms with Crippen LogP contribution in [0.2, 0.25) is 0 Å². The van der Waals surface area contributed by atoms with Gasteiger partial charge in [-0.3, -0.25) is 0 Å². The summed E-state index contributed by atoms with van der Waals surface area (Å²) in [4.78, 5) is 40.9. The molecule has 0 aliphatic heterocycles. The molecule has 6 aromatic rings. The van der Waals surface area contributed by atoms with Gasteiger partial charge in [-0.2, -0.15) is 0 Å². The van der Waals surface area contributed by atoms with E-state index in [1.807, 2.05) is 0 Å². The largest absolute Gasteiger partial charge is 0.519 e. The van der Waals surface area contributed by atoms with Gasteiger partial charge in [0.15, 0.2) is 11.5 Å². The first-order valence-corrected chi connectivity index (χ1v) is 22.4. The third kappa shape index (κ3) is 15.6. The van der Waals surface area contributed by atoms with E-state index in [4.69, 9.17) is 37.9 Å². The number of carbonyl (C=O) groups is 3. The average molecular weight is 975 g/mol. The highest BCUT2D eigenvalue weighted by atomic mass is 16.7. The van der Waals surface area contributed by atoms with E-state index in [1.54, 1.807) is 139 Å². The number of esters is 2. The Morgan fingerprint density at radius 3 is 0.797 bits per heavy atom. The van der Waals surface area contributed by atoms with Crippen molar-refractivity contribution in [2.45, 2.75) is 13.8 Å². The van der Waals surface area contributed by atoms with E-state index >= 15 is 0 Å². The van der Waals surface area contributed by atoms with Crippen molar-refractivity contribution in [3.63, 3.8) is 0 Å². The number of methoxy groups -OCH3 is 4. The highest BCUT2D eigenvalue weighted by Gasteiger charge is 2.23. The number of ether oxygens (including phenoxy) is 8.